The summed E-state index contributed by atoms with van der Waals surface area (Å²) >= 11 is 1.62. The molecule has 1 atom stereocenters. The van der Waals surface area contributed by atoms with Gasteiger partial charge in [-0.1, -0.05) is 35.9 Å². The first-order valence-electron chi connectivity index (χ1n) is 6.10. The van der Waals surface area contributed by atoms with Crippen LogP contribution in [0, 0.1) is 6.92 Å². The van der Waals surface area contributed by atoms with Gasteiger partial charge in [-0.15, -0.1) is 11.3 Å². The fourth-order valence-corrected chi connectivity index (χ4v) is 2.51. The monoisotopic (exact) mass is 275 g/mol. The summed E-state index contributed by atoms with van der Waals surface area (Å²) < 4.78 is 0. The van der Waals surface area contributed by atoms with Crippen LogP contribution in [0.4, 0.5) is 0 Å². The maximum absolute atomic E-state index is 11.6. The fourth-order valence-electron chi connectivity index (χ4n) is 1.87. The molecular formula is C15H17NO2S. The zero-order valence-corrected chi connectivity index (χ0v) is 11.8. The summed E-state index contributed by atoms with van der Waals surface area (Å²) in [5.74, 6) is -0.868. The van der Waals surface area contributed by atoms with Gasteiger partial charge in [0.2, 0.25) is 0 Å². The molecule has 0 aliphatic rings. The van der Waals surface area contributed by atoms with Gasteiger partial charge in [-0.3, -0.25) is 5.32 Å². The van der Waals surface area contributed by atoms with Crippen LogP contribution >= 0.6 is 11.3 Å². The maximum Gasteiger partial charge on any atom is 0.328 e. The molecule has 1 aromatic heterocycles. The van der Waals surface area contributed by atoms with Crippen LogP contribution in [0.2, 0.25) is 0 Å². The topological polar surface area (TPSA) is 49.3 Å². The van der Waals surface area contributed by atoms with Crippen LogP contribution in [0.25, 0.3) is 0 Å². The minimum atomic E-state index is -1.07. The number of carbonyl (C=O) groups is 1. The summed E-state index contributed by atoms with van der Waals surface area (Å²) in [6.07, 6.45) is 0. The van der Waals surface area contributed by atoms with E-state index in [1.807, 2.05) is 48.7 Å². The van der Waals surface area contributed by atoms with Crippen molar-refractivity contribution in [3.05, 3.63) is 57.8 Å². The lowest BCUT2D eigenvalue weighted by Gasteiger charge is -2.27. The van der Waals surface area contributed by atoms with E-state index < -0.39 is 11.5 Å². The highest BCUT2D eigenvalue weighted by Gasteiger charge is 2.34. The Morgan fingerprint density at radius 2 is 2.00 bits per heavy atom. The molecule has 0 spiro atoms. The highest BCUT2D eigenvalue weighted by molar-refractivity contribution is 7.09. The third-order valence-corrected chi connectivity index (χ3v) is 4.13. The van der Waals surface area contributed by atoms with Crippen LogP contribution < -0.4 is 5.32 Å². The van der Waals surface area contributed by atoms with E-state index in [1.54, 1.807) is 18.3 Å². The van der Waals surface area contributed by atoms with Gasteiger partial charge in [0.05, 0.1) is 0 Å². The first kappa shape index (κ1) is 13.8. The van der Waals surface area contributed by atoms with Crippen molar-refractivity contribution < 1.29 is 9.90 Å². The smallest absolute Gasteiger partial charge is 0.328 e. The van der Waals surface area contributed by atoms with Gasteiger partial charge in [0.1, 0.15) is 5.54 Å². The normalized spacial score (nSPS) is 14.0. The van der Waals surface area contributed by atoms with Crippen LogP contribution in [0.5, 0.6) is 0 Å². The highest BCUT2D eigenvalue weighted by atomic mass is 32.1. The van der Waals surface area contributed by atoms with Crippen molar-refractivity contribution >= 4 is 17.3 Å². The molecule has 2 rings (SSSR count). The van der Waals surface area contributed by atoms with Crippen LogP contribution in [-0.2, 0) is 16.9 Å². The van der Waals surface area contributed by atoms with Gasteiger partial charge in [0.25, 0.3) is 0 Å². The number of aryl methyl sites for hydroxylation is 1. The quantitative estimate of drug-likeness (QED) is 0.881. The number of hydrogen-bond donors (Lipinski definition) is 2. The molecule has 0 aliphatic carbocycles. The van der Waals surface area contributed by atoms with Crippen LogP contribution in [-0.4, -0.2) is 11.1 Å². The van der Waals surface area contributed by atoms with Gasteiger partial charge in [-0.25, -0.2) is 4.79 Å². The summed E-state index contributed by atoms with van der Waals surface area (Å²) in [5, 5.41) is 14.7. The summed E-state index contributed by atoms with van der Waals surface area (Å²) in [5.41, 5.74) is 0.814. The Morgan fingerprint density at radius 1 is 1.32 bits per heavy atom. The molecule has 19 heavy (non-hydrogen) atoms. The number of carboxylic acid groups (broad SMARTS) is 1. The highest BCUT2D eigenvalue weighted by Crippen LogP contribution is 2.23. The van der Waals surface area contributed by atoms with Gasteiger partial charge in [-0.2, -0.15) is 0 Å². The molecule has 0 aliphatic heterocycles. The lowest BCUT2D eigenvalue weighted by atomic mass is 9.91. The first-order chi connectivity index (χ1) is 9.02. The summed E-state index contributed by atoms with van der Waals surface area (Å²) in [7, 11) is 0. The lowest BCUT2D eigenvalue weighted by Crippen LogP contribution is -2.46. The number of benzene rings is 1. The summed E-state index contributed by atoms with van der Waals surface area (Å²) in [4.78, 5) is 12.7. The second-order valence-electron chi connectivity index (χ2n) is 4.73. The van der Waals surface area contributed by atoms with Gasteiger partial charge >= 0.3 is 5.97 Å². The van der Waals surface area contributed by atoms with E-state index in [-0.39, 0.29) is 0 Å². The Hall–Kier alpha value is -1.65. The van der Waals surface area contributed by atoms with E-state index in [9.17, 15) is 9.90 Å². The molecule has 3 nitrogen and oxygen atoms in total. The minimum Gasteiger partial charge on any atom is -0.480 e. The van der Waals surface area contributed by atoms with Crippen molar-refractivity contribution in [3.8, 4) is 0 Å². The first-order valence-corrected chi connectivity index (χ1v) is 6.98. The van der Waals surface area contributed by atoms with Gasteiger partial charge in [-0.05, 0) is 30.9 Å². The Bertz CT molecular complexity index is 548. The summed E-state index contributed by atoms with van der Waals surface area (Å²) in [6, 6.07) is 11.6. The number of hydrogen-bond acceptors (Lipinski definition) is 3. The molecule has 0 bridgehead atoms. The SMILES string of the molecule is Cc1ccc(C(C)(NCc2cccs2)C(=O)O)cc1. The van der Waals surface area contributed by atoms with E-state index in [0.717, 1.165) is 16.0 Å². The molecule has 4 heteroatoms. The molecule has 0 radical (unpaired) electrons. The summed E-state index contributed by atoms with van der Waals surface area (Å²) in [6.45, 7) is 4.24. The van der Waals surface area contributed by atoms with E-state index >= 15 is 0 Å². The van der Waals surface area contributed by atoms with Crippen molar-refractivity contribution in [1.29, 1.82) is 0 Å². The molecule has 2 N–H and O–H groups in total. The second kappa shape index (κ2) is 5.55. The number of carboxylic acids is 1. The van der Waals surface area contributed by atoms with Gasteiger partial charge in [0, 0.05) is 11.4 Å². The van der Waals surface area contributed by atoms with Crippen LogP contribution in [0.1, 0.15) is 22.9 Å². The van der Waals surface area contributed by atoms with Gasteiger partial charge < -0.3 is 5.11 Å². The van der Waals surface area contributed by atoms with E-state index in [0.29, 0.717) is 6.54 Å². The van der Waals surface area contributed by atoms with Crippen LogP contribution in [0.15, 0.2) is 41.8 Å². The molecule has 0 fully saturated rings. The average Bonchev–Trinajstić information content (AvgIpc) is 2.89. The Morgan fingerprint density at radius 3 is 2.53 bits per heavy atom. The standard InChI is InChI=1S/C15H17NO2S/c1-11-5-7-12(8-6-11)15(2,14(17)18)16-10-13-4-3-9-19-13/h3-9,16H,10H2,1-2H3,(H,17,18). The molecule has 100 valence electrons. The predicted octanol–water partition coefficient (Wildman–Crippen LogP) is 3.15. The van der Waals surface area contributed by atoms with Crippen molar-refractivity contribution in [2.75, 3.05) is 0 Å². The second-order valence-corrected chi connectivity index (χ2v) is 5.76. The zero-order chi connectivity index (χ0) is 13.9. The number of rotatable bonds is 5. The Labute approximate surface area is 116 Å². The minimum absolute atomic E-state index is 0.550. The lowest BCUT2D eigenvalue weighted by molar-refractivity contribution is -0.144. The third kappa shape index (κ3) is 3.03. The molecule has 1 unspecified atom stereocenters. The molecule has 1 heterocycles. The molecule has 0 amide bonds. The molecule has 0 saturated carbocycles. The molecule has 1 aromatic carbocycles. The Balaban J connectivity index is 2.22. The molecular weight excluding hydrogens is 258 g/mol. The average molecular weight is 275 g/mol. The predicted molar refractivity (Wildman–Crippen MR) is 77.3 cm³/mol. The van der Waals surface area contributed by atoms with E-state index in [4.69, 9.17) is 0 Å². The number of thiophene rings is 1. The zero-order valence-electron chi connectivity index (χ0n) is 11.0. The largest absolute Gasteiger partial charge is 0.480 e. The third-order valence-electron chi connectivity index (χ3n) is 3.25. The number of nitrogens with one attached hydrogen (secondary N) is 1. The van der Waals surface area contributed by atoms with Gasteiger partial charge in [0.15, 0.2) is 0 Å². The van der Waals surface area contributed by atoms with Crippen molar-refractivity contribution in [3.63, 3.8) is 0 Å². The van der Waals surface area contributed by atoms with E-state index in [2.05, 4.69) is 5.32 Å². The van der Waals surface area contributed by atoms with Crippen molar-refractivity contribution in [2.45, 2.75) is 25.9 Å². The number of aliphatic carboxylic acids is 1. The Kier molecular flexibility index (Phi) is 4.02. The fraction of sp³-hybridized carbons (Fsp3) is 0.267. The van der Waals surface area contributed by atoms with E-state index in [1.165, 1.54) is 0 Å². The molecule has 2 aromatic rings. The van der Waals surface area contributed by atoms with Crippen molar-refractivity contribution in [2.24, 2.45) is 0 Å². The van der Waals surface area contributed by atoms with Crippen LogP contribution in [0.3, 0.4) is 0 Å². The maximum atomic E-state index is 11.6. The van der Waals surface area contributed by atoms with Crippen molar-refractivity contribution in [1.82, 2.24) is 5.32 Å². The molecule has 0 saturated heterocycles.